The molecule has 2 heterocycles. The monoisotopic (exact) mass is 458 g/mol. The van der Waals surface area contributed by atoms with E-state index >= 15 is 0 Å². The third-order valence-corrected chi connectivity index (χ3v) is 6.78. The molecule has 1 unspecified atom stereocenters. The molecule has 1 aliphatic carbocycles. The van der Waals surface area contributed by atoms with Crippen LogP contribution in [0.15, 0.2) is 42.5 Å². The Balaban J connectivity index is 1.12. The van der Waals surface area contributed by atoms with Crippen LogP contribution in [-0.4, -0.2) is 38.7 Å². The highest BCUT2D eigenvalue weighted by Crippen LogP contribution is 2.53. The molecule has 3 aliphatic rings. The van der Waals surface area contributed by atoms with Crippen LogP contribution in [0.2, 0.25) is 0 Å². The highest BCUT2D eigenvalue weighted by Gasteiger charge is 2.56. The van der Waals surface area contributed by atoms with Crippen LogP contribution in [-0.2, 0) is 20.8 Å². The van der Waals surface area contributed by atoms with E-state index in [-0.39, 0.29) is 24.3 Å². The van der Waals surface area contributed by atoms with Crippen molar-refractivity contribution in [3.05, 3.63) is 59.7 Å². The Labute approximate surface area is 191 Å². The van der Waals surface area contributed by atoms with Gasteiger partial charge in [-0.15, -0.1) is 0 Å². The van der Waals surface area contributed by atoms with Gasteiger partial charge >= 0.3 is 6.09 Å². The summed E-state index contributed by atoms with van der Waals surface area (Å²) in [5.74, 6) is -0.189. The van der Waals surface area contributed by atoms with Gasteiger partial charge in [-0.05, 0) is 54.7 Å². The van der Waals surface area contributed by atoms with E-state index in [1.165, 1.54) is 0 Å². The van der Waals surface area contributed by atoms with Crippen LogP contribution < -0.4 is 10.2 Å². The Morgan fingerprint density at radius 2 is 1.82 bits per heavy atom. The van der Waals surface area contributed by atoms with Crippen LogP contribution in [0.25, 0.3) is 0 Å². The second-order valence-corrected chi connectivity index (χ2v) is 9.00. The van der Waals surface area contributed by atoms with Gasteiger partial charge in [0.2, 0.25) is 0 Å². The van der Waals surface area contributed by atoms with E-state index in [1.807, 2.05) is 30.3 Å². The molecule has 0 aromatic heterocycles. The fourth-order valence-corrected chi connectivity index (χ4v) is 4.96. The van der Waals surface area contributed by atoms with Crippen molar-refractivity contribution in [1.29, 1.82) is 0 Å². The first-order valence-corrected chi connectivity index (χ1v) is 11.5. The number of anilines is 2. The number of hydrogen-bond acceptors (Lipinski definition) is 5. The van der Waals surface area contributed by atoms with Crippen LogP contribution in [0.4, 0.5) is 25.0 Å². The van der Waals surface area contributed by atoms with Crippen molar-refractivity contribution in [2.75, 3.05) is 36.5 Å². The maximum absolute atomic E-state index is 14.8. The van der Waals surface area contributed by atoms with E-state index in [0.29, 0.717) is 37.5 Å². The Morgan fingerprint density at radius 3 is 2.48 bits per heavy atom. The van der Waals surface area contributed by atoms with Crippen molar-refractivity contribution in [2.24, 2.45) is 17.8 Å². The number of benzene rings is 2. The quantitative estimate of drug-likeness (QED) is 0.637. The Bertz CT molecular complexity index is 949. The maximum Gasteiger partial charge on any atom is 0.411 e. The van der Waals surface area contributed by atoms with Gasteiger partial charge in [-0.2, -0.15) is 0 Å². The minimum atomic E-state index is -0.766. The fourth-order valence-electron chi connectivity index (χ4n) is 4.96. The van der Waals surface area contributed by atoms with Crippen molar-refractivity contribution >= 4 is 17.5 Å². The zero-order valence-corrected chi connectivity index (χ0v) is 18.3. The van der Waals surface area contributed by atoms with Gasteiger partial charge in [0, 0.05) is 25.4 Å². The molecule has 33 heavy (non-hydrogen) atoms. The van der Waals surface area contributed by atoms with Gasteiger partial charge < -0.3 is 19.1 Å². The molecule has 6 nitrogen and oxygen atoms in total. The number of carbonyl (C=O) groups is 1. The van der Waals surface area contributed by atoms with E-state index in [2.05, 4.69) is 5.32 Å². The lowest BCUT2D eigenvalue weighted by Crippen LogP contribution is -2.28. The molecular weight excluding hydrogens is 430 g/mol. The summed E-state index contributed by atoms with van der Waals surface area (Å²) < 4.78 is 46.2. The fraction of sp³-hybridized carbons (Fsp3) is 0.480. The summed E-state index contributed by atoms with van der Waals surface area (Å²) in [6, 6.07) is 11.4. The standard InChI is InChI=1S/C25H28F2N2O4/c26-21-10-17(28-25(30)33-14-16-6-2-1-3-7-16)11-22(27)24(21)29-12-18-19(13-29)20(18)15-32-23-8-4-5-9-31-23/h1-3,6-7,10-11,18-20,23H,4-5,8-9,12-15H2,(H,28,30)/t18-,19+,20+,23?. The number of carbonyl (C=O) groups excluding carboxylic acids is 1. The van der Waals surface area contributed by atoms with Gasteiger partial charge in [0.05, 0.1) is 6.61 Å². The van der Waals surface area contributed by atoms with Crippen molar-refractivity contribution in [1.82, 2.24) is 0 Å². The van der Waals surface area contributed by atoms with Gasteiger partial charge in [0.15, 0.2) is 17.9 Å². The second kappa shape index (κ2) is 9.65. The largest absolute Gasteiger partial charge is 0.444 e. The summed E-state index contributed by atoms with van der Waals surface area (Å²) in [6.07, 6.45) is 2.28. The van der Waals surface area contributed by atoms with Gasteiger partial charge in [0.25, 0.3) is 0 Å². The molecule has 4 atom stereocenters. The molecule has 3 fully saturated rings. The van der Waals surface area contributed by atoms with Gasteiger partial charge in [-0.25, -0.2) is 13.6 Å². The van der Waals surface area contributed by atoms with Crippen LogP contribution in [0.5, 0.6) is 0 Å². The third-order valence-electron chi connectivity index (χ3n) is 6.78. The Morgan fingerprint density at radius 1 is 1.09 bits per heavy atom. The van der Waals surface area contributed by atoms with Crippen molar-refractivity contribution in [3.63, 3.8) is 0 Å². The van der Waals surface area contributed by atoms with Gasteiger partial charge in [-0.3, -0.25) is 5.32 Å². The zero-order valence-electron chi connectivity index (χ0n) is 18.3. The van der Waals surface area contributed by atoms with E-state index in [1.54, 1.807) is 4.90 Å². The summed E-state index contributed by atoms with van der Waals surface area (Å²) in [5, 5.41) is 2.40. The summed E-state index contributed by atoms with van der Waals surface area (Å²) in [6.45, 7) is 2.68. The predicted molar refractivity (Wildman–Crippen MR) is 119 cm³/mol. The summed E-state index contributed by atoms with van der Waals surface area (Å²) in [5.41, 5.74) is 0.804. The first-order valence-electron chi connectivity index (χ1n) is 11.5. The van der Waals surface area contributed by atoms with Crippen molar-refractivity contribution < 1.29 is 27.8 Å². The predicted octanol–water partition coefficient (Wildman–Crippen LogP) is 4.94. The lowest BCUT2D eigenvalue weighted by atomic mass is 10.2. The molecule has 1 amide bonds. The molecule has 2 saturated heterocycles. The molecule has 8 heteroatoms. The summed E-state index contributed by atoms with van der Waals surface area (Å²) >= 11 is 0. The number of halogens is 2. The number of amides is 1. The highest BCUT2D eigenvalue weighted by atomic mass is 19.1. The van der Waals surface area contributed by atoms with Crippen LogP contribution in [0.1, 0.15) is 24.8 Å². The Kier molecular flexibility index (Phi) is 6.46. The van der Waals surface area contributed by atoms with E-state index in [4.69, 9.17) is 14.2 Å². The SMILES string of the molecule is O=C(Nc1cc(F)c(N2C[C@@H]3[C@@H](COC4CCCCO4)[C@@H]3C2)c(F)c1)OCc1ccccc1. The van der Waals surface area contributed by atoms with Crippen molar-refractivity contribution in [2.45, 2.75) is 32.2 Å². The molecule has 1 saturated carbocycles. The molecular formula is C25H28F2N2O4. The molecule has 2 aromatic carbocycles. The number of ether oxygens (including phenoxy) is 3. The van der Waals surface area contributed by atoms with E-state index in [9.17, 15) is 13.6 Å². The number of hydrogen-bond donors (Lipinski definition) is 1. The number of rotatable bonds is 7. The molecule has 0 bridgehead atoms. The molecule has 0 radical (unpaired) electrons. The smallest absolute Gasteiger partial charge is 0.411 e. The molecule has 2 aromatic rings. The average Bonchev–Trinajstić information content (AvgIpc) is 3.26. The van der Waals surface area contributed by atoms with Gasteiger partial charge in [-0.1, -0.05) is 30.3 Å². The van der Waals surface area contributed by atoms with Crippen LogP contribution >= 0.6 is 0 Å². The second-order valence-electron chi connectivity index (χ2n) is 9.00. The molecule has 0 spiro atoms. The average molecular weight is 459 g/mol. The topological polar surface area (TPSA) is 60.0 Å². The van der Waals surface area contributed by atoms with Crippen LogP contribution in [0, 0.1) is 29.4 Å². The number of piperidine rings is 1. The number of fused-ring (bicyclic) bond motifs is 1. The lowest BCUT2D eigenvalue weighted by molar-refractivity contribution is -0.165. The number of nitrogens with one attached hydrogen (secondary N) is 1. The summed E-state index contributed by atoms with van der Waals surface area (Å²) in [7, 11) is 0. The third kappa shape index (κ3) is 5.12. The maximum atomic E-state index is 14.8. The molecule has 2 aliphatic heterocycles. The molecule has 5 rings (SSSR count). The highest BCUT2D eigenvalue weighted by molar-refractivity contribution is 5.85. The number of nitrogens with zero attached hydrogens (tertiary/aromatic N) is 1. The molecule has 1 N–H and O–H groups in total. The first kappa shape index (κ1) is 22.1. The first-order chi connectivity index (χ1) is 16.1. The van der Waals surface area contributed by atoms with Crippen LogP contribution in [0.3, 0.4) is 0 Å². The lowest BCUT2D eigenvalue weighted by Gasteiger charge is -2.25. The molecule has 176 valence electrons. The minimum Gasteiger partial charge on any atom is -0.444 e. The normalized spacial score (nSPS) is 26.1. The minimum absolute atomic E-state index is 0.0231. The van der Waals surface area contributed by atoms with E-state index in [0.717, 1.165) is 43.6 Å². The van der Waals surface area contributed by atoms with Crippen molar-refractivity contribution in [3.8, 4) is 0 Å². The van der Waals surface area contributed by atoms with Gasteiger partial charge in [0.1, 0.15) is 12.3 Å². The Hall–Kier alpha value is -2.71. The zero-order chi connectivity index (χ0) is 22.8. The van der Waals surface area contributed by atoms with E-state index < -0.39 is 17.7 Å². The summed E-state index contributed by atoms with van der Waals surface area (Å²) in [4.78, 5) is 13.8.